The minimum Gasteiger partial charge on any atom is -0.355 e. The van der Waals surface area contributed by atoms with Crippen LogP contribution in [0.1, 0.15) is 18.7 Å². The fraction of sp³-hybridized carbons (Fsp3) is 0.625. The molecule has 0 radical (unpaired) electrons. The minimum absolute atomic E-state index is 0.0260. The second-order valence-electron chi connectivity index (χ2n) is 6.84. The fourth-order valence-electron chi connectivity index (χ4n) is 3.04. The number of rotatable bonds is 5. The molecule has 2 aromatic heterocycles. The first-order valence-corrected chi connectivity index (χ1v) is 8.73. The molecular formula is C16H22F3N7O. The van der Waals surface area contributed by atoms with Gasteiger partial charge < -0.3 is 15.1 Å². The number of alkyl halides is 3. The molecule has 0 spiro atoms. The maximum Gasteiger partial charge on any atom is 0.453 e. The van der Waals surface area contributed by atoms with E-state index in [2.05, 4.69) is 20.6 Å². The quantitative estimate of drug-likeness (QED) is 0.829. The van der Waals surface area contributed by atoms with Crippen molar-refractivity contribution < 1.29 is 18.0 Å². The van der Waals surface area contributed by atoms with Gasteiger partial charge in [0.25, 0.3) is 5.82 Å². The summed E-state index contributed by atoms with van der Waals surface area (Å²) < 4.78 is 39.7. The first-order chi connectivity index (χ1) is 12.8. The van der Waals surface area contributed by atoms with Crippen LogP contribution in [0.4, 0.5) is 19.0 Å². The molecule has 8 nitrogen and oxygen atoms in total. The zero-order valence-electron chi connectivity index (χ0n) is 15.2. The first kappa shape index (κ1) is 19.3. The highest BCUT2D eigenvalue weighted by molar-refractivity contribution is 5.78. The maximum atomic E-state index is 13.0. The molecule has 27 heavy (non-hydrogen) atoms. The SMILES string of the molecule is CN(C)CCNC(=O)C1CCN(c2ccc3nnc(C(F)(F)F)n3n2)CC1. The Morgan fingerprint density at radius 1 is 1.26 bits per heavy atom. The summed E-state index contributed by atoms with van der Waals surface area (Å²) in [7, 11) is 3.88. The molecule has 1 saturated heterocycles. The van der Waals surface area contributed by atoms with Crippen LogP contribution in [0.2, 0.25) is 0 Å². The van der Waals surface area contributed by atoms with Gasteiger partial charge in [-0.2, -0.15) is 17.7 Å². The summed E-state index contributed by atoms with van der Waals surface area (Å²) in [4.78, 5) is 16.1. The number of anilines is 1. The third kappa shape index (κ3) is 4.46. The summed E-state index contributed by atoms with van der Waals surface area (Å²) in [5.74, 6) is -0.792. The number of fused-ring (bicyclic) bond motifs is 1. The summed E-state index contributed by atoms with van der Waals surface area (Å²) in [6.07, 6.45) is -3.37. The van der Waals surface area contributed by atoms with Crippen molar-refractivity contribution in [1.29, 1.82) is 0 Å². The standard InChI is InChI=1S/C16H22F3N7O/c1-24(2)10-7-20-14(27)11-5-8-25(9-6-11)13-4-3-12-21-22-15(16(17,18)19)26(12)23-13/h3-4,11H,5-10H2,1-2H3,(H,20,27). The molecule has 1 fully saturated rings. The topological polar surface area (TPSA) is 78.7 Å². The minimum atomic E-state index is -4.62. The van der Waals surface area contributed by atoms with Crippen LogP contribution >= 0.6 is 0 Å². The van der Waals surface area contributed by atoms with Crippen LogP contribution in [0.25, 0.3) is 5.65 Å². The molecule has 148 valence electrons. The molecule has 1 aliphatic rings. The second-order valence-corrected chi connectivity index (χ2v) is 6.84. The van der Waals surface area contributed by atoms with E-state index >= 15 is 0 Å². The second kappa shape index (κ2) is 7.67. The number of halogens is 3. The number of nitrogens with one attached hydrogen (secondary N) is 1. The highest BCUT2D eigenvalue weighted by atomic mass is 19.4. The van der Waals surface area contributed by atoms with Gasteiger partial charge in [0.1, 0.15) is 5.82 Å². The average molecular weight is 385 g/mol. The van der Waals surface area contributed by atoms with Gasteiger partial charge in [-0.05, 0) is 39.1 Å². The van der Waals surface area contributed by atoms with Gasteiger partial charge in [0, 0.05) is 32.1 Å². The van der Waals surface area contributed by atoms with E-state index < -0.39 is 12.0 Å². The van der Waals surface area contributed by atoms with Crippen molar-refractivity contribution >= 4 is 17.4 Å². The number of amides is 1. The van der Waals surface area contributed by atoms with Gasteiger partial charge >= 0.3 is 6.18 Å². The Labute approximate surface area is 154 Å². The molecule has 0 unspecified atom stereocenters. The zero-order chi connectivity index (χ0) is 19.6. The lowest BCUT2D eigenvalue weighted by Crippen LogP contribution is -2.42. The molecule has 0 bridgehead atoms. The Morgan fingerprint density at radius 2 is 1.96 bits per heavy atom. The van der Waals surface area contributed by atoms with Crippen LogP contribution in [0, 0.1) is 5.92 Å². The van der Waals surface area contributed by atoms with E-state index in [0.717, 1.165) is 11.1 Å². The number of piperidine rings is 1. The van der Waals surface area contributed by atoms with Gasteiger partial charge in [-0.1, -0.05) is 0 Å². The normalized spacial score (nSPS) is 16.3. The molecular weight excluding hydrogens is 363 g/mol. The smallest absolute Gasteiger partial charge is 0.355 e. The van der Waals surface area contributed by atoms with E-state index in [4.69, 9.17) is 0 Å². The van der Waals surface area contributed by atoms with Crippen molar-refractivity contribution in [3.63, 3.8) is 0 Å². The Hall–Kier alpha value is -2.43. The molecule has 1 aliphatic heterocycles. The summed E-state index contributed by atoms with van der Waals surface area (Å²) in [6, 6.07) is 3.09. The van der Waals surface area contributed by atoms with Gasteiger partial charge in [0.05, 0.1) is 0 Å². The van der Waals surface area contributed by atoms with Crippen LogP contribution < -0.4 is 10.2 Å². The largest absolute Gasteiger partial charge is 0.453 e. The number of likely N-dealkylation sites (N-methyl/N-ethyl adjacent to an activating group) is 1. The van der Waals surface area contributed by atoms with Gasteiger partial charge in [-0.3, -0.25) is 4.79 Å². The van der Waals surface area contributed by atoms with Crippen molar-refractivity contribution in [2.24, 2.45) is 5.92 Å². The molecule has 3 heterocycles. The molecule has 0 aliphatic carbocycles. The van der Waals surface area contributed by atoms with E-state index in [1.54, 1.807) is 6.07 Å². The molecule has 0 aromatic carbocycles. The fourth-order valence-corrected chi connectivity index (χ4v) is 3.04. The lowest BCUT2D eigenvalue weighted by molar-refractivity contribution is -0.146. The Bertz CT molecular complexity index is 797. The Kier molecular flexibility index (Phi) is 5.49. The summed E-state index contributed by atoms with van der Waals surface area (Å²) in [5, 5.41) is 13.7. The van der Waals surface area contributed by atoms with E-state index in [9.17, 15) is 18.0 Å². The molecule has 3 rings (SSSR count). The number of carbonyl (C=O) groups excluding carboxylic acids is 1. The highest BCUT2D eigenvalue weighted by Gasteiger charge is 2.38. The van der Waals surface area contributed by atoms with Crippen molar-refractivity contribution in [1.82, 2.24) is 30.0 Å². The van der Waals surface area contributed by atoms with Crippen molar-refractivity contribution in [2.45, 2.75) is 19.0 Å². The lowest BCUT2D eigenvalue weighted by Gasteiger charge is -2.32. The number of aromatic nitrogens is 4. The molecule has 0 saturated carbocycles. The van der Waals surface area contributed by atoms with E-state index in [1.807, 2.05) is 23.9 Å². The number of hydrogen-bond acceptors (Lipinski definition) is 6. The van der Waals surface area contributed by atoms with Crippen LogP contribution in [0.5, 0.6) is 0 Å². The number of nitrogens with zero attached hydrogens (tertiary/aromatic N) is 6. The summed E-state index contributed by atoms with van der Waals surface area (Å²) in [5.41, 5.74) is 0.0428. The zero-order valence-corrected chi connectivity index (χ0v) is 15.2. The third-order valence-corrected chi connectivity index (χ3v) is 4.55. The van der Waals surface area contributed by atoms with Crippen LogP contribution in [0.15, 0.2) is 12.1 Å². The van der Waals surface area contributed by atoms with Gasteiger partial charge in [-0.25, -0.2) is 0 Å². The Balaban J connectivity index is 1.63. The molecule has 1 amide bonds. The first-order valence-electron chi connectivity index (χ1n) is 8.73. The van der Waals surface area contributed by atoms with Gasteiger partial charge in [0.2, 0.25) is 5.91 Å². The monoisotopic (exact) mass is 385 g/mol. The van der Waals surface area contributed by atoms with Crippen molar-refractivity contribution in [3.05, 3.63) is 18.0 Å². The van der Waals surface area contributed by atoms with E-state index in [-0.39, 0.29) is 17.5 Å². The van der Waals surface area contributed by atoms with Gasteiger partial charge in [-0.15, -0.1) is 15.3 Å². The Morgan fingerprint density at radius 3 is 2.59 bits per heavy atom. The number of carbonyl (C=O) groups is 1. The molecule has 1 N–H and O–H groups in total. The highest BCUT2D eigenvalue weighted by Crippen LogP contribution is 2.28. The van der Waals surface area contributed by atoms with Crippen LogP contribution in [0.3, 0.4) is 0 Å². The molecule has 2 aromatic rings. The van der Waals surface area contributed by atoms with Crippen molar-refractivity contribution in [2.75, 3.05) is 45.2 Å². The predicted molar refractivity (Wildman–Crippen MR) is 92.3 cm³/mol. The van der Waals surface area contributed by atoms with Gasteiger partial charge in [0.15, 0.2) is 5.65 Å². The third-order valence-electron chi connectivity index (χ3n) is 4.55. The summed E-state index contributed by atoms with van der Waals surface area (Å²) in [6.45, 7) is 2.47. The maximum absolute atomic E-state index is 13.0. The van der Waals surface area contributed by atoms with Crippen molar-refractivity contribution in [3.8, 4) is 0 Å². The van der Waals surface area contributed by atoms with Crippen LogP contribution in [-0.4, -0.2) is 70.9 Å². The number of hydrogen-bond donors (Lipinski definition) is 1. The van der Waals surface area contributed by atoms with Crippen LogP contribution in [-0.2, 0) is 11.0 Å². The molecule has 11 heteroatoms. The van der Waals surface area contributed by atoms with E-state index in [1.165, 1.54) is 6.07 Å². The van der Waals surface area contributed by atoms with E-state index in [0.29, 0.717) is 38.3 Å². The summed E-state index contributed by atoms with van der Waals surface area (Å²) >= 11 is 0. The lowest BCUT2D eigenvalue weighted by atomic mass is 9.96. The predicted octanol–water partition coefficient (Wildman–Crippen LogP) is 1.04. The average Bonchev–Trinajstić information content (AvgIpc) is 3.05. The molecule has 0 atom stereocenters.